The molecule has 2 rings (SSSR count). The van der Waals surface area contributed by atoms with Crippen LogP contribution in [0.1, 0.15) is 20.8 Å². The quantitative estimate of drug-likeness (QED) is 0.767. The van der Waals surface area contributed by atoms with Crippen molar-refractivity contribution in [1.82, 2.24) is 24.5 Å². The van der Waals surface area contributed by atoms with Crippen molar-refractivity contribution in [3.8, 4) is 5.69 Å². The number of hydrogen-bond donors (Lipinski definition) is 0. The molecule has 90 valence electrons. The number of rotatable bonds is 1. The van der Waals surface area contributed by atoms with Crippen molar-refractivity contribution in [2.75, 3.05) is 0 Å². The molecule has 0 aliphatic carbocycles. The van der Waals surface area contributed by atoms with E-state index in [1.807, 2.05) is 20.8 Å². The smallest absolute Gasteiger partial charge is 0.266 e. The minimum atomic E-state index is -0.415. The molecule has 0 saturated heterocycles. The van der Waals surface area contributed by atoms with Crippen LogP contribution >= 0.6 is 11.6 Å². The van der Waals surface area contributed by atoms with Gasteiger partial charge in [0.2, 0.25) is 0 Å². The fraction of sp³-hybridized carbons (Fsp3) is 0.400. The fourth-order valence-corrected chi connectivity index (χ4v) is 1.61. The lowest BCUT2D eigenvalue weighted by atomic mass is 10.1. The van der Waals surface area contributed by atoms with Crippen LogP contribution in [0.15, 0.2) is 23.6 Å². The summed E-state index contributed by atoms with van der Waals surface area (Å²) in [4.78, 5) is 15.8. The molecule has 17 heavy (non-hydrogen) atoms. The van der Waals surface area contributed by atoms with Crippen molar-refractivity contribution in [3.05, 3.63) is 34.2 Å². The van der Waals surface area contributed by atoms with E-state index in [0.29, 0.717) is 5.69 Å². The van der Waals surface area contributed by atoms with Gasteiger partial charge < -0.3 is 0 Å². The van der Waals surface area contributed by atoms with E-state index in [9.17, 15) is 4.79 Å². The van der Waals surface area contributed by atoms with Crippen molar-refractivity contribution < 1.29 is 0 Å². The predicted octanol–water partition coefficient (Wildman–Crippen LogP) is 1.23. The standard InChI is InChI=1S/C10H12ClN5O/c1-10(2,3)16-9(17)8(11)7(4-13-16)15-6-12-5-14-15/h4-6H,1-3H3. The number of aromatic nitrogens is 5. The van der Waals surface area contributed by atoms with Crippen LogP contribution in [0.4, 0.5) is 0 Å². The molecule has 0 aliphatic heterocycles. The fourth-order valence-electron chi connectivity index (χ4n) is 1.39. The van der Waals surface area contributed by atoms with Gasteiger partial charge in [-0.15, -0.1) is 0 Å². The second-order valence-electron chi connectivity index (χ2n) is 4.57. The van der Waals surface area contributed by atoms with Gasteiger partial charge in [-0.2, -0.15) is 10.2 Å². The molecule has 0 atom stereocenters. The molecule has 0 saturated carbocycles. The Hall–Kier alpha value is -1.69. The van der Waals surface area contributed by atoms with Crippen molar-refractivity contribution in [2.45, 2.75) is 26.3 Å². The molecule has 2 aromatic heterocycles. The summed E-state index contributed by atoms with van der Waals surface area (Å²) in [6, 6.07) is 0. The Labute approximate surface area is 103 Å². The summed E-state index contributed by atoms with van der Waals surface area (Å²) in [5.41, 5.74) is -0.330. The molecule has 0 spiro atoms. The van der Waals surface area contributed by atoms with Crippen LogP contribution in [-0.4, -0.2) is 24.5 Å². The minimum absolute atomic E-state index is 0.0837. The van der Waals surface area contributed by atoms with Crippen LogP contribution in [-0.2, 0) is 5.54 Å². The number of hydrogen-bond acceptors (Lipinski definition) is 4. The van der Waals surface area contributed by atoms with Gasteiger partial charge in [0.25, 0.3) is 5.56 Å². The van der Waals surface area contributed by atoms with Crippen molar-refractivity contribution in [1.29, 1.82) is 0 Å². The molecule has 0 radical (unpaired) electrons. The van der Waals surface area contributed by atoms with Crippen LogP contribution < -0.4 is 5.56 Å². The van der Waals surface area contributed by atoms with Gasteiger partial charge in [0.1, 0.15) is 23.4 Å². The molecule has 6 nitrogen and oxygen atoms in total. The van der Waals surface area contributed by atoms with Crippen LogP contribution in [0.5, 0.6) is 0 Å². The van der Waals surface area contributed by atoms with Crippen molar-refractivity contribution in [3.63, 3.8) is 0 Å². The Balaban J connectivity index is 2.63. The Morgan fingerprint density at radius 1 is 1.29 bits per heavy atom. The van der Waals surface area contributed by atoms with Gasteiger partial charge >= 0.3 is 0 Å². The Morgan fingerprint density at radius 3 is 2.53 bits per heavy atom. The van der Waals surface area contributed by atoms with Gasteiger partial charge in [0, 0.05) is 0 Å². The molecular weight excluding hydrogens is 242 g/mol. The highest BCUT2D eigenvalue weighted by Gasteiger charge is 2.19. The normalized spacial score (nSPS) is 11.8. The summed E-state index contributed by atoms with van der Waals surface area (Å²) in [6.45, 7) is 5.65. The molecule has 0 N–H and O–H groups in total. The summed E-state index contributed by atoms with van der Waals surface area (Å²) < 4.78 is 2.75. The van der Waals surface area contributed by atoms with Gasteiger partial charge in [-0.05, 0) is 20.8 Å². The summed E-state index contributed by atoms with van der Waals surface area (Å²) in [5.74, 6) is 0. The van der Waals surface area contributed by atoms with E-state index in [2.05, 4.69) is 15.2 Å². The van der Waals surface area contributed by atoms with E-state index in [4.69, 9.17) is 11.6 Å². The van der Waals surface area contributed by atoms with E-state index in [1.54, 1.807) is 0 Å². The maximum atomic E-state index is 12.0. The summed E-state index contributed by atoms with van der Waals surface area (Å²) in [5, 5.41) is 8.09. The van der Waals surface area contributed by atoms with E-state index in [0.717, 1.165) is 0 Å². The summed E-state index contributed by atoms with van der Waals surface area (Å²) in [6.07, 6.45) is 4.33. The lowest BCUT2D eigenvalue weighted by Crippen LogP contribution is -2.36. The number of nitrogens with zero attached hydrogens (tertiary/aromatic N) is 5. The summed E-state index contributed by atoms with van der Waals surface area (Å²) >= 11 is 6.03. The highest BCUT2D eigenvalue weighted by molar-refractivity contribution is 6.32. The third-order valence-electron chi connectivity index (χ3n) is 2.20. The molecule has 2 heterocycles. The number of halogens is 1. The van der Waals surface area contributed by atoms with E-state index < -0.39 is 5.54 Å². The monoisotopic (exact) mass is 253 g/mol. The predicted molar refractivity (Wildman–Crippen MR) is 63.4 cm³/mol. The lowest BCUT2D eigenvalue weighted by molar-refractivity contribution is 0.337. The van der Waals surface area contributed by atoms with Gasteiger partial charge in [0.05, 0.1) is 11.7 Å². The molecule has 0 aliphatic rings. The summed E-state index contributed by atoms with van der Waals surface area (Å²) in [7, 11) is 0. The van der Waals surface area contributed by atoms with Crippen LogP contribution in [0.2, 0.25) is 5.02 Å². The third kappa shape index (κ3) is 2.08. The first-order valence-corrected chi connectivity index (χ1v) is 5.42. The topological polar surface area (TPSA) is 65.6 Å². The maximum Gasteiger partial charge on any atom is 0.288 e. The first kappa shape index (κ1) is 11.8. The third-order valence-corrected chi connectivity index (χ3v) is 2.56. The van der Waals surface area contributed by atoms with Gasteiger partial charge in [-0.3, -0.25) is 4.79 Å². The largest absolute Gasteiger partial charge is 0.288 e. The van der Waals surface area contributed by atoms with Gasteiger partial charge in [0.15, 0.2) is 0 Å². The Kier molecular flexibility index (Phi) is 2.74. The zero-order valence-corrected chi connectivity index (χ0v) is 10.5. The van der Waals surface area contributed by atoms with Crippen LogP contribution in [0.25, 0.3) is 5.69 Å². The zero-order valence-electron chi connectivity index (χ0n) is 9.75. The SMILES string of the molecule is CC(C)(C)n1ncc(-n2cncn2)c(Cl)c1=O. The maximum absolute atomic E-state index is 12.0. The van der Waals surface area contributed by atoms with Crippen LogP contribution in [0, 0.1) is 0 Å². The van der Waals surface area contributed by atoms with E-state index in [1.165, 1.54) is 28.2 Å². The molecule has 0 unspecified atom stereocenters. The molecule has 0 amide bonds. The van der Waals surface area contributed by atoms with Gasteiger partial charge in [-0.1, -0.05) is 11.6 Å². The zero-order chi connectivity index (χ0) is 12.6. The van der Waals surface area contributed by atoms with Crippen LogP contribution in [0.3, 0.4) is 0 Å². The van der Waals surface area contributed by atoms with Crippen molar-refractivity contribution >= 4 is 11.6 Å². The van der Waals surface area contributed by atoms with Crippen molar-refractivity contribution in [2.24, 2.45) is 0 Å². The average Bonchev–Trinajstić information content (AvgIpc) is 2.73. The molecular formula is C10H12ClN5O. The first-order valence-electron chi connectivity index (χ1n) is 5.04. The van der Waals surface area contributed by atoms with E-state index in [-0.39, 0.29) is 10.6 Å². The second kappa shape index (κ2) is 3.96. The highest BCUT2D eigenvalue weighted by Crippen LogP contribution is 2.16. The lowest BCUT2D eigenvalue weighted by Gasteiger charge is -2.20. The highest BCUT2D eigenvalue weighted by atomic mass is 35.5. The molecule has 0 aromatic carbocycles. The minimum Gasteiger partial charge on any atom is -0.266 e. The van der Waals surface area contributed by atoms with E-state index >= 15 is 0 Å². The molecule has 0 bridgehead atoms. The molecule has 0 fully saturated rings. The molecule has 2 aromatic rings. The van der Waals surface area contributed by atoms with Gasteiger partial charge in [-0.25, -0.2) is 14.3 Å². The first-order chi connectivity index (χ1) is 7.91. The Morgan fingerprint density at radius 2 is 2.00 bits per heavy atom. The average molecular weight is 254 g/mol. The molecule has 7 heteroatoms. The Bertz CT molecular complexity index is 582. The second-order valence-corrected chi connectivity index (χ2v) is 4.95.